The summed E-state index contributed by atoms with van der Waals surface area (Å²) in [7, 11) is 0. The normalized spacial score (nSPS) is 24.0. The van der Waals surface area contributed by atoms with E-state index in [-0.39, 0.29) is 12.5 Å². The second-order valence-corrected chi connectivity index (χ2v) is 7.44. The number of amides is 1. The molecule has 3 rings (SSSR count). The number of aliphatic hydroxyl groups is 2. The van der Waals surface area contributed by atoms with Crippen LogP contribution < -0.4 is 0 Å². The van der Waals surface area contributed by atoms with Gasteiger partial charge in [0.25, 0.3) is 5.91 Å². The first-order valence-corrected chi connectivity index (χ1v) is 9.09. The first-order valence-electron chi connectivity index (χ1n) is 9.09. The Bertz CT molecular complexity index is 783. The molecule has 0 unspecified atom stereocenters. The Kier molecular flexibility index (Phi) is 4.89. The molecule has 0 saturated carbocycles. The maximum absolute atomic E-state index is 13.0. The number of likely N-dealkylation sites (tertiary alicyclic amines) is 1. The highest BCUT2D eigenvalue weighted by Crippen LogP contribution is 2.35. The summed E-state index contributed by atoms with van der Waals surface area (Å²) >= 11 is 0. The molecule has 2 aromatic rings. The van der Waals surface area contributed by atoms with Gasteiger partial charge in [0.1, 0.15) is 0 Å². The minimum absolute atomic E-state index is 0.0269. The molecule has 1 amide bonds. The zero-order chi connectivity index (χ0) is 18.2. The molecule has 1 saturated heterocycles. The molecule has 0 spiro atoms. The van der Waals surface area contributed by atoms with Gasteiger partial charge in [0.2, 0.25) is 0 Å². The molecule has 1 aliphatic heterocycles. The summed E-state index contributed by atoms with van der Waals surface area (Å²) in [5, 5.41) is 21.4. The fourth-order valence-electron chi connectivity index (χ4n) is 4.08. The lowest BCUT2D eigenvalue weighted by Crippen LogP contribution is -2.55. The summed E-state index contributed by atoms with van der Waals surface area (Å²) in [6.45, 7) is 6.95. The third kappa shape index (κ3) is 3.07. The molecule has 136 valence electrons. The van der Waals surface area contributed by atoms with Crippen molar-refractivity contribution in [3.8, 4) is 0 Å². The number of carbonyl (C=O) groups is 1. The predicted octanol–water partition coefficient (Wildman–Crippen LogP) is 2.77. The standard InChI is InChI=1S/C20H28N2O3/c1-4-8-20(12-23)11-22(9-7-18(20)24)19(25)15-5-6-17-16(10-15)13(2)14(3)21-17/h5-6,10,18,21,23-24H,4,7-9,11-12H2,1-3H3/t18-,20+/m1/s1. The summed E-state index contributed by atoms with van der Waals surface area (Å²) in [6, 6.07) is 5.75. The highest BCUT2D eigenvalue weighted by atomic mass is 16.3. The van der Waals surface area contributed by atoms with E-state index < -0.39 is 11.5 Å². The highest BCUT2D eigenvalue weighted by Gasteiger charge is 2.43. The van der Waals surface area contributed by atoms with Gasteiger partial charge in [0, 0.05) is 40.7 Å². The molecule has 1 aromatic carbocycles. The first-order chi connectivity index (χ1) is 11.9. The number of nitrogens with one attached hydrogen (secondary N) is 1. The van der Waals surface area contributed by atoms with E-state index >= 15 is 0 Å². The van der Waals surface area contributed by atoms with Gasteiger partial charge >= 0.3 is 0 Å². The van der Waals surface area contributed by atoms with Crippen LogP contribution in [0.25, 0.3) is 10.9 Å². The van der Waals surface area contributed by atoms with Crippen LogP contribution >= 0.6 is 0 Å². The van der Waals surface area contributed by atoms with Crippen molar-refractivity contribution in [2.24, 2.45) is 5.41 Å². The van der Waals surface area contributed by atoms with Crippen molar-refractivity contribution in [2.75, 3.05) is 19.7 Å². The van der Waals surface area contributed by atoms with Crippen LogP contribution in [0.3, 0.4) is 0 Å². The largest absolute Gasteiger partial charge is 0.396 e. The fourth-order valence-corrected chi connectivity index (χ4v) is 4.08. The van der Waals surface area contributed by atoms with Crippen LogP contribution in [-0.4, -0.2) is 51.8 Å². The first kappa shape index (κ1) is 18.0. The van der Waals surface area contributed by atoms with E-state index in [1.54, 1.807) is 4.90 Å². The quantitative estimate of drug-likeness (QED) is 0.798. The molecule has 0 aliphatic carbocycles. The van der Waals surface area contributed by atoms with Crippen LogP contribution in [-0.2, 0) is 0 Å². The molecule has 1 fully saturated rings. The van der Waals surface area contributed by atoms with Crippen LogP contribution in [0.15, 0.2) is 18.2 Å². The van der Waals surface area contributed by atoms with Gasteiger partial charge in [-0.15, -0.1) is 0 Å². The van der Waals surface area contributed by atoms with E-state index in [0.29, 0.717) is 31.5 Å². The average molecular weight is 344 g/mol. The lowest BCUT2D eigenvalue weighted by molar-refractivity contribution is -0.0720. The van der Waals surface area contributed by atoms with Crippen LogP contribution in [0, 0.1) is 19.3 Å². The van der Waals surface area contributed by atoms with Crippen molar-refractivity contribution in [2.45, 2.75) is 46.1 Å². The van der Waals surface area contributed by atoms with Crippen molar-refractivity contribution in [1.82, 2.24) is 9.88 Å². The van der Waals surface area contributed by atoms with E-state index in [9.17, 15) is 15.0 Å². The zero-order valence-corrected chi connectivity index (χ0v) is 15.3. The molecule has 2 atom stereocenters. The van der Waals surface area contributed by atoms with Gasteiger partial charge in [-0.2, -0.15) is 0 Å². The smallest absolute Gasteiger partial charge is 0.253 e. The van der Waals surface area contributed by atoms with Gasteiger partial charge in [-0.05, 0) is 50.5 Å². The number of benzene rings is 1. The van der Waals surface area contributed by atoms with Crippen molar-refractivity contribution < 1.29 is 15.0 Å². The topological polar surface area (TPSA) is 76.6 Å². The third-order valence-electron chi connectivity index (χ3n) is 5.79. The number of aliphatic hydroxyl groups excluding tert-OH is 2. The second-order valence-electron chi connectivity index (χ2n) is 7.44. The number of piperidine rings is 1. The number of carbonyl (C=O) groups excluding carboxylic acids is 1. The number of nitrogens with zero attached hydrogens (tertiary/aromatic N) is 1. The van der Waals surface area contributed by atoms with Crippen molar-refractivity contribution in [3.63, 3.8) is 0 Å². The van der Waals surface area contributed by atoms with Crippen LogP contribution in [0.2, 0.25) is 0 Å². The average Bonchev–Trinajstić information content (AvgIpc) is 2.90. The van der Waals surface area contributed by atoms with E-state index in [4.69, 9.17) is 0 Å². The van der Waals surface area contributed by atoms with E-state index in [0.717, 1.165) is 28.6 Å². The van der Waals surface area contributed by atoms with E-state index in [1.807, 2.05) is 32.0 Å². The minimum Gasteiger partial charge on any atom is -0.396 e. The summed E-state index contributed by atoms with van der Waals surface area (Å²) in [5.41, 5.74) is 3.37. The maximum Gasteiger partial charge on any atom is 0.253 e. The molecule has 5 heteroatoms. The zero-order valence-electron chi connectivity index (χ0n) is 15.3. The number of fused-ring (bicyclic) bond motifs is 1. The van der Waals surface area contributed by atoms with Crippen LogP contribution in [0.5, 0.6) is 0 Å². The molecule has 25 heavy (non-hydrogen) atoms. The number of hydrogen-bond donors (Lipinski definition) is 3. The van der Waals surface area contributed by atoms with Crippen LogP contribution in [0.1, 0.15) is 47.8 Å². The summed E-state index contributed by atoms with van der Waals surface area (Å²) in [5.74, 6) is -0.0269. The van der Waals surface area contributed by atoms with Crippen molar-refractivity contribution in [1.29, 1.82) is 0 Å². The molecule has 1 aliphatic rings. The number of rotatable bonds is 4. The summed E-state index contributed by atoms with van der Waals surface area (Å²) in [4.78, 5) is 18.1. The van der Waals surface area contributed by atoms with Gasteiger partial charge in [0.05, 0.1) is 12.7 Å². The molecule has 2 heterocycles. The minimum atomic E-state index is -0.604. The number of aromatic amines is 1. The Balaban J connectivity index is 1.88. The van der Waals surface area contributed by atoms with Gasteiger partial charge in [-0.3, -0.25) is 4.79 Å². The number of aryl methyl sites for hydroxylation is 2. The van der Waals surface area contributed by atoms with Gasteiger partial charge in [-0.25, -0.2) is 0 Å². The maximum atomic E-state index is 13.0. The lowest BCUT2D eigenvalue weighted by Gasteiger charge is -2.45. The monoisotopic (exact) mass is 344 g/mol. The Labute approximate surface area is 148 Å². The fraction of sp³-hybridized carbons (Fsp3) is 0.550. The molecule has 3 N–H and O–H groups in total. The van der Waals surface area contributed by atoms with Gasteiger partial charge in [0.15, 0.2) is 0 Å². The molecule has 0 bridgehead atoms. The number of H-pyrrole nitrogens is 1. The number of hydrogen-bond acceptors (Lipinski definition) is 3. The van der Waals surface area contributed by atoms with Crippen molar-refractivity contribution in [3.05, 3.63) is 35.0 Å². The molecule has 5 nitrogen and oxygen atoms in total. The summed E-state index contributed by atoms with van der Waals surface area (Å²) < 4.78 is 0. The Morgan fingerprint density at radius 3 is 2.84 bits per heavy atom. The molecule has 1 aromatic heterocycles. The third-order valence-corrected chi connectivity index (χ3v) is 5.79. The molecular formula is C20H28N2O3. The second kappa shape index (κ2) is 6.81. The van der Waals surface area contributed by atoms with E-state index in [2.05, 4.69) is 11.9 Å². The van der Waals surface area contributed by atoms with Gasteiger partial charge in [-0.1, -0.05) is 13.3 Å². The molecule has 0 radical (unpaired) electrons. The molecular weight excluding hydrogens is 316 g/mol. The predicted molar refractivity (Wildman–Crippen MR) is 98.7 cm³/mol. The number of aromatic nitrogens is 1. The Hall–Kier alpha value is -1.85. The Morgan fingerprint density at radius 2 is 2.16 bits per heavy atom. The summed E-state index contributed by atoms with van der Waals surface area (Å²) in [6.07, 6.45) is 1.53. The van der Waals surface area contributed by atoms with Crippen molar-refractivity contribution >= 4 is 16.8 Å². The Morgan fingerprint density at radius 1 is 1.40 bits per heavy atom. The SMILES string of the molecule is CCC[C@@]1(CO)CN(C(=O)c2ccc3[nH]c(C)c(C)c3c2)CC[C@H]1O. The van der Waals surface area contributed by atoms with Crippen LogP contribution in [0.4, 0.5) is 0 Å². The lowest BCUT2D eigenvalue weighted by atomic mass is 9.74. The van der Waals surface area contributed by atoms with E-state index in [1.165, 1.54) is 0 Å². The highest BCUT2D eigenvalue weighted by molar-refractivity contribution is 5.99. The van der Waals surface area contributed by atoms with Gasteiger partial charge < -0.3 is 20.1 Å².